The number of halogens is 3. The Bertz CT molecular complexity index is 1090. The number of hydrogen-bond acceptors (Lipinski definition) is 4. The van der Waals surface area contributed by atoms with Crippen molar-refractivity contribution in [1.29, 1.82) is 0 Å². The summed E-state index contributed by atoms with van der Waals surface area (Å²) in [5, 5.41) is 2.22. The van der Waals surface area contributed by atoms with Crippen molar-refractivity contribution < 1.29 is 22.7 Å². The second-order valence-electron chi connectivity index (χ2n) is 5.97. The number of pyridine rings is 1. The number of nitrogens with two attached hydrogens (primary N) is 2. The molecule has 11 heteroatoms. The van der Waals surface area contributed by atoms with E-state index in [0.717, 1.165) is 18.2 Å². The number of rotatable bonds is 4. The van der Waals surface area contributed by atoms with Gasteiger partial charge in [-0.25, -0.2) is 0 Å². The minimum absolute atomic E-state index is 0.0143. The molecule has 29 heavy (non-hydrogen) atoms. The van der Waals surface area contributed by atoms with E-state index in [1.54, 1.807) is 12.3 Å². The van der Waals surface area contributed by atoms with E-state index in [4.69, 9.17) is 16.2 Å². The Morgan fingerprint density at radius 2 is 2.07 bits per heavy atom. The number of amides is 1. The number of aliphatic imine (C=N–C) groups is 1. The number of fused-ring (bicyclic) bond motifs is 1. The molecule has 0 saturated carbocycles. The molecular formula is C18H17F3N6O2. The molecule has 2 heterocycles. The van der Waals surface area contributed by atoms with Gasteiger partial charge in [-0.1, -0.05) is 0 Å². The predicted octanol–water partition coefficient (Wildman–Crippen LogP) is 2.51. The van der Waals surface area contributed by atoms with Crippen LogP contribution in [0.1, 0.15) is 21.6 Å². The molecule has 0 aliphatic carbocycles. The van der Waals surface area contributed by atoms with Crippen molar-refractivity contribution >= 4 is 22.8 Å². The first kappa shape index (κ1) is 20.1. The van der Waals surface area contributed by atoms with Crippen LogP contribution in [0.25, 0.3) is 10.9 Å². The van der Waals surface area contributed by atoms with E-state index in [1.165, 1.54) is 13.2 Å². The molecule has 0 spiro atoms. The highest BCUT2D eigenvalue weighted by Crippen LogP contribution is 2.39. The Morgan fingerprint density at radius 1 is 1.31 bits per heavy atom. The van der Waals surface area contributed by atoms with Gasteiger partial charge in [0, 0.05) is 25.2 Å². The summed E-state index contributed by atoms with van der Waals surface area (Å²) in [5.74, 6) is -0.646. The van der Waals surface area contributed by atoms with Crippen LogP contribution in [0.5, 0.6) is 11.5 Å². The third-order valence-corrected chi connectivity index (χ3v) is 4.00. The van der Waals surface area contributed by atoms with Crippen LogP contribution in [-0.2, 0) is 12.7 Å². The average molecular weight is 406 g/mol. The second-order valence-corrected chi connectivity index (χ2v) is 5.97. The molecule has 0 aliphatic heterocycles. The lowest BCUT2D eigenvalue weighted by Crippen LogP contribution is -2.28. The molecule has 0 fully saturated rings. The van der Waals surface area contributed by atoms with Crippen LogP contribution in [0.2, 0.25) is 0 Å². The number of guanidine groups is 1. The molecule has 8 nitrogen and oxygen atoms in total. The van der Waals surface area contributed by atoms with E-state index >= 15 is 0 Å². The first-order chi connectivity index (χ1) is 13.7. The standard InChI is InChI=1S/C18H17F3N6O2/c1-24-17(23)27-16(28)13-5-11-12(18(19,20)21)2-3-14(15(11)26-13)29-10-4-9(6-22)7-25-8-10/h2-5,7-8,26H,6,22H2,1H3,(H3,23,24,27,28). The largest absolute Gasteiger partial charge is 0.454 e. The maximum atomic E-state index is 13.4. The third-order valence-electron chi connectivity index (χ3n) is 4.00. The quantitative estimate of drug-likeness (QED) is 0.389. The number of alkyl halides is 3. The van der Waals surface area contributed by atoms with Crippen molar-refractivity contribution in [2.24, 2.45) is 16.5 Å². The zero-order chi connectivity index (χ0) is 21.2. The lowest BCUT2D eigenvalue weighted by Gasteiger charge is -2.12. The van der Waals surface area contributed by atoms with E-state index in [9.17, 15) is 18.0 Å². The Labute approximate surface area is 162 Å². The lowest BCUT2D eigenvalue weighted by atomic mass is 10.1. The van der Waals surface area contributed by atoms with Crippen LogP contribution in [0, 0.1) is 0 Å². The van der Waals surface area contributed by atoms with Crippen LogP contribution in [0.15, 0.2) is 41.7 Å². The van der Waals surface area contributed by atoms with E-state index in [0.29, 0.717) is 5.56 Å². The first-order valence-corrected chi connectivity index (χ1v) is 8.34. The molecule has 1 aromatic carbocycles. The Balaban J connectivity index is 2.12. The summed E-state index contributed by atoms with van der Waals surface area (Å²) in [6.45, 7) is 0.221. The monoisotopic (exact) mass is 406 g/mol. The minimum Gasteiger partial charge on any atom is -0.454 e. The maximum Gasteiger partial charge on any atom is 0.417 e. The first-order valence-electron chi connectivity index (χ1n) is 8.34. The van der Waals surface area contributed by atoms with Crippen molar-refractivity contribution in [3.05, 3.63) is 53.5 Å². The highest BCUT2D eigenvalue weighted by molar-refractivity contribution is 6.05. The SMILES string of the molecule is CNC(N)=NC(=O)c1cc2c(C(F)(F)F)ccc(Oc3cncc(CN)c3)c2[nH]1. The fourth-order valence-electron chi connectivity index (χ4n) is 2.62. The predicted molar refractivity (Wildman–Crippen MR) is 101 cm³/mol. The van der Waals surface area contributed by atoms with Gasteiger partial charge in [-0.15, -0.1) is 0 Å². The molecule has 2 aromatic heterocycles. The molecule has 0 radical (unpaired) electrons. The average Bonchev–Trinajstić information content (AvgIpc) is 3.13. The van der Waals surface area contributed by atoms with Gasteiger partial charge < -0.3 is 26.5 Å². The van der Waals surface area contributed by atoms with E-state index < -0.39 is 17.6 Å². The molecule has 0 atom stereocenters. The van der Waals surface area contributed by atoms with Gasteiger partial charge in [-0.2, -0.15) is 18.2 Å². The van der Waals surface area contributed by atoms with Gasteiger partial charge in [-0.05, 0) is 29.8 Å². The fraction of sp³-hybridized carbons (Fsp3) is 0.167. The fourth-order valence-corrected chi connectivity index (χ4v) is 2.62. The van der Waals surface area contributed by atoms with Crippen LogP contribution in [0.4, 0.5) is 13.2 Å². The van der Waals surface area contributed by atoms with Crippen molar-refractivity contribution in [3.63, 3.8) is 0 Å². The number of nitrogens with zero attached hydrogens (tertiary/aromatic N) is 2. The van der Waals surface area contributed by atoms with E-state index in [2.05, 4.69) is 20.3 Å². The molecule has 3 rings (SSSR count). The summed E-state index contributed by atoms with van der Waals surface area (Å²) in [7, 11) is 1.45. The Kier molecular flexibility index (Phi) is 5.41. The lowest BCUT2D eigenvalue weighted by molar-refractivity contribution is -0.136. The summed E-state index contributed by atoms with van der Waals surface area (Å²) in [6, 6.07) is 4.72. The zero-order valence-electron chi connectivity index (χ0n) is 15.2. The molecule has 1 amide bonds. The Morgan fingerprint density at radius 3 is 2.72 bits per heavy atom. The topological polar surface area (TPSA) is 131 Å². The van der Waals surface area contributed by atoms with Gasteiger partial charge in [0.2, 0.25) is 0 Å². The number of benzene rings is 1. The summed E-state index contributed by atoms with van der Waals surface area (Å²) < 4.78 is 46.0. The van der Waals surface area contributed by atoms with Crippen molar-refractivity contribution in [2.75, 3.05) is 7.05 Å². The highest BCUT2D eigenvalue weighted by Gasteiger charge is 2.34. The summed E-state index contributed by atoms with van der Waals surface area (Å²) >= 11 is 0. The number of aromatic amines is 1. The number of hydrogen-bond donors (Lipinski definition) is 4. The Hall–Kier alpha value is -3.60. The van der Waals surface area contributed by atoms with Crippen LogP contribution < -0.4 is 21.5 Å². The molecule has 152 valence electrons. The number of carbonyl (C=O) groups excluding carboxylic acids is 1. The van der Waals surface area contributed by atoms with Crippen molar-refractivity contribution in [2.45, 2.75) is 12.7 Å². The van der Waals surface area contributed by atoms with Gasteiger partial charge in [0.1, 0.15) is 11.4 Å². The van der Waals surface area contributed by atoms with Crippen LogP contribution >= 0.6 is 0 Å². The van der Waals surface area contributed by atoms with E-state index in [1.807, 2.05) is 0 Å². The van der Waals surface area contributed by atoms with Gasteiger partial charge in [-0.3, -0.25) is 9.78 Å². The van der Waals surface area contributed by atoms with Gasteiger partial charge >= 0.3 is 6.18 Å². The van der Waals surface area contributed by atoms with Crippen molar-refractivity contribution in [3.8, 4) is 11.5 Å². The highest BCUT2D eigenvalue weighted by atomic mass is 19.4. The van der Waals surface area contributed by atoms with Crippen LogP contribution in [0.3, 0.4) is 0 Å². The second kappa shape index (κ2) is 7.80. The number of aromatic nitrogens is 2. The molecule has 3 aromatic rings. The van der Waals surface area contributed by atoms with Gasteiger partial charge in [0.15, 0.2) is 11.7 Å². The molecule has 6 N–H and O–H groups in total. The smallest absolute Gasteiger partial charge is 0.417 e. The molecule has 0 unspecified atom stereocenters. The summed E-state index contributed by atoms with van der Waals surface area (Å²) in [5.41, 5.74) is 10.6. The zero-order valence-corrected chi connectivity index (χ0v) is 15.2. The van der Waals surface area contributed by atoms with Gasteiger partial charge in [0.05, 0.1) is 17.3 Å². The molecular weight excluding hydrogens is 389 g/mol. The van der Waals surface area contributed by atoms with E-state index in [-0.39, 0.29) is 40.6 Å². The number of carbonyl (C=O) groups is 1. The maximum absolute atomic E-state index is 13.4. The number of nitrogens with one attached hydrogen (secondary N) is 2. The molecule has 0 saturated heterocycles. The normalized spacial score (nSPS) is 12.2. The molecule has 0 aliphatic rings. The number of ether oxygens (including phenoxy) is 1. The summed E-state index contributed by atoms with van der Waals surface area (Å²) in [6.07, 6.45) is -1.69. The van der Waals surface area contributed by atoms with Crippen molar-refractivity contribution in [1.82, 2.24) is 15.3 Å². The van der Waals surface area contributed by atoms with Crippen LogP contribution in [-0.4, -0.2) is 28.9 Å². The minimum atomic E-state index is -4.63. The summed E-state index contributed by atoms with van der Waals surface area (Å²) in [4.78, 5) is 22.4. The number of H-pyrrole nitrogens is 1. The van der Waals surface area contributed by atoms with Gasteiger partial charge in [0.25, 0.3) is 5.91 Å². The molecule has 0 bridgehead atoms. The third kappa shape index (κ3) is 4.29.